The molecule has 2 aromatic rings. The summed E-state index contributed by atoms with van der Waals surface area (Å²) in [5.41, 5.74) is 5.38. The average Bonchev–Trinajstić information content (AvgIpc) is 3.13. The maximum Gasteiger partial charge on any atom is 0.266 e. The number of rotatable bonds is 3. The van der Waals surface area contributed by atoms with Gasteiger partial charge in [0.05, 0.1) is 16.9 Å². The van der Waals surface area contributed by atoms with Gasteiger partial charge >= 0.3 is 0 Å². The van der Waals surface area contributed by atoms with Gasteiger partial charge in [-0.05, 0) is 37.3 Å². The predicted octanol–water partition coefficient (Wildman–Crippen LogP) is 2.76. The molecule has 0 spiro atoms. The van der Waals surface area contributed by atoms with Gasteiger partial charge in [0, 0.05) is 11.9 Å². The molecule has 7 heteroatoms. The van der Waals surface area contributed by atoms with Crippen LogP contribution in [-0.4, -0.2) is 23.6 Å². The molecule has 27 heavy (non-hydrogen) atoms. The summed E-state index contributed by atoms with van der Waals surface area (Å²) < 4.78 is 0. The van der Waals surface area contributed by atoms with Crippen molar-refractivity contribution in [1.82, 2.24) is 5.43 Å². The Labute approximate surface area is 161 Å². The fourth-order valence-corrected chi connectivity index (χ4v) is 3.54. The number of nitrogens with zero attached hydrogens (tertiary/aromatic N) is 2. The van der Waals surface area contributed by atoms with E-state index in [1.165, 1.54) is 6.92 Å². The number of fused-ring (bicyclic) bond motifs is 1. The first-order valence-electron chi connectivity index (χ1n) is 8.40. The summed E-state index contributed by atoms with van der Waals surface area (Å²) in [5.74, 6) is -1.25. The lowest BCUT2D eigenvalue weighted by Crippen LogP contribution is -2.46. The Bertz CT molecular complexity index is 1010. The van der Waals surface area contributed by atoms with Crippen molar-refractivity contribution in [2.45, 2.75) is 19.9 Å². The lowest BCUT2D eigenvalue weighted by atomic mass is 10.1. The largest absolute Gasteiger partial charge is 0.293 e. The van der Waals surface area contributed by atoms with Crippen molar-refractivity contribution in [3.8, 4) is 0 Å². The third-order valence-electron chi connectivity index (χ3n) is 4.65. The molecule has 136 valence electrons. The second kappa shape index (κ2) is 6.25. The Morgan fingerprint density at radius 1 is 1.07 bits per heavy atom. The van der Waals surface area contributed by atoms with Crippen LogP contribution in [0.15, 0.2) is 59.8 Å². The zero-order valence-electron chi connectivity index (χ0n) is 14.7. The number of halogens is 1. The molecule has 6 nitrogen and oxygen atoms in total. The summed E-state index contributed by atoms with van der Waals surface area (Å²) >= 11 is 6.02. The molecule has 0 radical (unpaired) electrons. The molecular weight excluding hydrogens is 366 g/mol. The zero-order chi connectivity index (χ0) is 19.3. The third-order valence-corrected chi connectivity index (χ3v) is 4.89. The van der Waals surface area contributed by atoms with Gasteiger partial charge in [0.25, 0.3) is 11.8 Å². The van der Waals surface area contributed by atoms with Crippen molar-refractivity contribution in [2.75, 3.05) is 9.91 Å². The Morgan fingerprint density at radius 2 is 1.78 bits per heavy atom. The summed E-state index contributed by atoms with van der Waals surface area (Å²) in [6.45, 7) is 3.32. The number of carbonyl (C=O) groups excluding carboxylic acids is 3. The van der Waals surface area contributed by atoms with E-state index < -0.39 is 17.9 Å². The highest BCUT2D eigenvalue weighted by atomic mass is 35.5. The first-order chi connectivity index (χ1) is 12.9. The van der Waals surface area contributed by atoms with Gasteiger partial charge in [-0.1, -0.05) is 35.4 Å². The summed E-state index contributed by atoms with van der Waals surface area (Å²) in [5, 5.41) is 1.98. The minimum Gasteiger partial charge on any atom is -0.293 e. The summed E-state index contributed by atoms with van der Waals surface area (Å²) in [6, 6.07) is 13.1. The van der Waals surface area contributed by atoms with Gasteiger partial charge in [-0.15, -0.1) is 0 Å². The molecule has 2 amide bonds. The van der Waals surface area contributed by atoms with Crippen molar-refractivity contribution in [3.05, 3.63) is 70.4 Å². The quantitative estimate of drug-likeness (QED) is 0.828. The number of amides is 2. The highest BCUT2D eigenvalue weighted by Gasteiger charge is 2.53. The van der Waals surface area contributed by atoms with E-state index in [0.717, 1.165) is 10.5 Å². The standard InChI is InChI=1S/C20H16ClN3O3/c1-11-6-8-14(9-7-11)24-18-16(17(22-24)12(2)25)19(26)23(20(18)27)15-5-3-4-13(21)10-15/h3-10,18,22H,1-2H3/t18-/m1/s1. The predicted molar refractivity (Wildman–Crippen MR) is 102 cm³/mol. The Morgan fingerprint density at radius 3 is 2.41 bits per heavy atom. The fraction of sp³-hybridized carbons (Fsp3) is 0.150. The smallest absolute Gasteiger partial charge is 0.266 e. The van der Waals surface area contributed by atoms with Crippen LogP contribution < -0.4 is 15.3 Å². The van der Waals surface area contributed by atoms with Crippen LogP contribution in [0.3, 0.4) is 0 Å². The van der Waals surface area contributed by atoms with Gasteiger partial charge in [-0.25, -0.2) is 4.90 Å². The van der Waals surface area contributed by atoms with Crippen molar-refractivity contribution in [1.29, 1.82) is 0 Å². The van der Waals surface area contributed by atoms with Gasteiger partial charge < -0.3 is 0 Å². The van der Waals surface area contributed by atoms with Crippen LogP contribution >= 0.6 is 11.6 Å². The van der Waals surface area contributed by atoms with Crippen molar-refractivity contribution < 1.29 is 14.4 Å². The van der Waals surface area contributed by atoms with E-state index in [4.69, 9.17) is 11.6 Å². The van der Waals surface area contributed by atoms with Crippen molar-refractivity contribution in [3.63, 3.8) is 0 Å². The van der Waals surface area contributed by atoms with E-state index in [-0.39, 0.29) is 17.1 Å². The van der Waals surface area contributed by atoms with E-state index in [0.29, 0.717) is 16.4 Å². The number of imide groups is 1. The molecule has 2 heterocycles. The maximum atomic E-state index is 13.2. The lowest BCUT2D eigenvalue weighted by Gasteiger charge is -2.26. The maximum absolute atomic E-state index is 13.2. The first kappa shape index (κ1) is 17.3. The number of anilines is 2. The Hall–Kier alpha value is -3.12. The van der Waals surface area contributed by atoms with E-state index >= 15 is 0 Å². The Kier molecular flexibility index (Phi) is 4.00. The molecule has 0 unspecified atom stereocenters. The molecule has 2 aliphatic heterocycles. The SMILES string of the molecule is CC(=O)C1=C2C(=O)N(c3cccc(Cl)c3)C(=O)[C@@H]2N(c2ccc(C)cc2)N1. The normalized spacial score (nSPS) is 18.9. The molecular formula is C20H16ClN3O3. The van der Waals surface area contributed by atoms with E-state index in [2.05, 4.69) is 5.43 Å². The van der Waals surface area contributed by atoms with Crippen LogP contribution in [0, 0.1) is 6.92 Å². The molecule has 1 fully saturated rings. The molecule has 1 saturated heterocycles. The van der Waals surface area contributed by atoms with Gasteiger partial charge in [0.1, 0.15) is 5.70 Å². The molecule has 0 bridgehead atoms. The van der Waals surface area contributed by atoms with Gasteiger partial charge in [0.15, 0.2) is 11.8 Å². The van der Waals surface area contributed by atoms with Gasteiger partial charge in [0.2, 0.25) is 0 Å². The van der Waals surface area contributed by atoms with Crippen LogP contribution in [0.5, 0.6) is 0 Å². The topological polar surface area (TPSA) is 69.7 Å². The molecule has 0 aromatic heterocycles. The monoisotopic (exact) mass is 381 g/mol. The molecule has 0 saturated carbocycles. The van der Waals surface area contributed by atoms with E-state index in [9.17, 15) is 14.4 Å². The molecule has 1 N–H and O–H groups in total. The summed E-state index contributed by atoms with van der Waals surface area (Å²) in [6.07, 6.45) is 0. The van der Waals surface area contributed by atoms with Crippen LogP contribution in [-0.2, 0) is 14.4 Å². The highest BCUT2D eigenvalue weighted by Crippen LogP contribution is 2.37. The van der Waals surface area contributed by atoms with Gasteiger partial charge in [-0.3, -0.25) is 24.8 Å². The second-order valence-corrected chi connectivity index (χ2v) is 6.96. The summed E-state index contributed by atoms with van der Waals surface area (Å²) in [4.78, 5) is 39.4. The third kappa shape index (κ3) is 2.69. The number of hydrogen-bond acceptors (Lipinski definition) is 5. The van der Waals surface area contributed by atoms with Gasteiger partial charge in [-0.2, -0.15) is 0 Å². The van der Waals surface area contributed by atoms with Crippen molar-refractivity contribution >= 4 is 40.6 Å². The van der Waals surface area contributed by atoms with E-state index in [1.54, 1.807) is 29.3 Å². The molecule has 4 rings (SSSR count). The van der Waals surface area contributed by atoms with Crippen molar-refractivity contribution in [2.24, 2.45) is 0 Å². The number of benzene rings is 2. The summed E-state index contributed by atoms with van der Waals surface area (Å²) in [7, 11) is 0. The second-order valence-electron chi connectivity index (χ2n) is 6.52. The van der Waals surface area contributed by atoms with Crippen LogP contribution in [0.2, 0.25) is 5.02 Å². The number of Topliss-reactive ketones (excluding diaryl/α,β-unsaturated/α-hetero) is 1. The lowest BCUT2D eigenvalue weighted by molar-refractivity contribution is -0.121. The number of carbonyl (C=O) groups is 3. The number of hydrogen-bond donors (Lipinski definition) is 1. The zero-order valence-corrected chi connectivity index (χ0v) is 15.4. The molecule has 0 aliphatic carbocycles. The minimum absolute atomic E-state index is 0.142. The van der Waals surface area contributed by atoms with Crippen LogP contribution in [0.25, 0.3) is 0 Å². The highest BCUT2D eigenvalue weighted by molar-refractivity contribution is 6.35. The molecule has 1 atom stereocenters. The molecule has 2 aromatic carbocycles. The number of ketones is 1. The van der Waals surface area contributed by atoms with Crippen LogP contribution in [0.4, 0.5) is 11.4 Å². The van der Waals surface area contributed by atoms with Crippen LogP contribution in [0.1, 0.15) is 12.5 Å². The molecule has 2 aliphatic rings. The Balaban J connectivity index is 1.82. The first-order valence-corrected chi connectivity index (χ1v) is 8.78. The number of aryl methyl sites for hydroxylation is 1. The number of nitrogens with one attached hydrogen (secondary N) is 1. The van der Waals surface area contributed by atoms with E-state index in [1.807, 2.05) is 31.2 Å². The minimum atomic E-state index is -0.905. The number of hydrazine groups is 1. The number of allylic oxidation sites excluding steroid dienone is 1. The fourth-order valence-electron chi connectivity index (χ4n) is 3.36. The average molecular weight is 382 g/mol.